The molecule has 7 nitrogen and oxygen atoms in total. The van der Waals surface area contributed by atoms with Crippen molar-refractivity contribution in [2.45, 2.75) is 44.6 Å². The largest absolute Gasteiger partial charge is 0.335 e. The zero-order valence-electron chi connectivity index (χ0n) is 19.1. The number of hydrogen-bond acceptors (Lipinski definition) is 4. The highest BCUT2D eigenvalue weighted by atomic mass is 16.2. The molecule has 1 aliphatic heterocycles. The van der Waals surface area contributed by atoms with Crippen LogP contribution in [0.25, 0.3) is 5.69 Å². The molecule has 2 aromatic carbocycles. The molecule has 33 heavy (non-hydrogen) atoms. The van der Waals surface area contributed by atoms with Crippen molar-refractivity contribution in [3.63, 3.8) is 0 Å². The summed E-state index contributed by atoms with van der Waals surface area (Å²) < 4.78 is 1.61. The van der Waals surface area contributed by atoms with E-state index in [0.717, 1.165) is 11.3 Å². The van der Waals surface area contributed by atoms with Crippen molar-refractivity contribution in [2.24, 2.45) is 0 Å². The van der Waals surface area contributed by atoms with Gasteiger partial charge in [0.15, 0.2) is 0 Å². The summed E-state index contributed by atoms with van der Waals surface area (Å²) in [6.45, 7) is 5.37. The molecule has 2 heterocycles. The monoisotopic (exact) mass is 443 g/mol. The molecule has 2 amide bonds. The number of aromatic nitrogens is 3. The molecule has 170 valence electrons. The van der Waals surface area contributed by atoms with Crippen LogP contribution in [0.2, 0.25) is 0 Å². The van der Waals surface area contributed by atoms with E-state index >= 15 is 0 Å². The van der Waals surface area contributed by atoms with Gasteiger partial charge in [-0.1, -0.05) is 36.8 Å². The van der Waals surface area contributed by atoms with Crippen molar-refractivity contribution in [1.82, 2.24) is 24.6 Å². The van der Waals surface area contributed by atoms with E-state index in [1.165, 1.54) is 24.8 Å². The van der Waals surface area contributed by atoms with Gasteiger partial charge in [0.25, 0.3) is 11.8 Å². The van der Waals surface area contributed by atoms with Crippen molar-refractivity contribution in [3.05, 3.63) is 77.9 Å². The minimum atomic E-state index is -0.533. The smallest absolute Gasteiger partial charge is 0.294 e. The summed E-state index contributed by atoms with van der Waals surface area (Å²) in [5.41, 5.74) is 2.32. The fourth-order valence-electron chi connectivity index (χ4n) is 4.74. The summed E-state index contributed by atoms with van der Waals surface area (Å²) in [5.74, 6) is 0.573. The summed E-state index contributed by atoms with van der Waals surface area (Å²) >= 11 is 0. The average Bonchev–Trinajstić information content (AvgIpc) is 3.28. The zero-order chi connectivity index (χ0) is 23.0. The number of nitrogens with zero attached hydrogens (tertiary/aromatic N) is 5. The molecule has 1 saturated carbocycles. The fraction of sp³-hybridized carbons (Fsp3) is 0.385. The van der Waals surface area contributed by atoms with Crippen LogP contribution < -0.4 is 0 Å². The Hall–Kier alpha value is -3.48. The van der Waals surface area contributed by atoms with E-state index in [4.69, 9.17) is 0 Å². The molecular formula is C26H29N5O2. The maximum absolute atomic E-state index is 13.3. The van der Waals surface area contributed by atoms with Crippen molar-refractivity contribution in [1.29, 1.82) is 0 Å². The lowest BCUT2D eigenvalue weighted by atomic mass is 9.79. The Morgan fingerprint density at radius 1 is 0.970 bits per heavy atom. The van der Waals surface area contributed by atoms with Gasteiger partial charge in [-0.3, -0.25) is 9.59 Å². The second-order valence-corrected chi connectivity index (χ2v) is 9.60. The van der Waals surface area contributed by atoms with Gasteiger partial charge < -0.3 is 9.80 Å². The van der Waals surface area contributed by atoms with Gasteiger partial charge in [0, 0.05) is 25.2 Å². The predicted molar refractivity (Wildman–Crippen MR) is 125 cm³/mol. The van der Waals surface area contributed by atoms with E-state index in [9.17, 15) is 9.59 Å². The summed E-state index contributed by atoms with van der Waals surface area (Å²) in [6, 6.07) is 17.7. The topological polar surface area (TPSA) is 71.3 Å². The molecule has 1 aromatic heterocycles. The van der Waals surface area contributed by atoms with Crippen molar-refractivity contribution in [2.75, 3.05) is 19.6 Å². The van der Waals surface area contributed by atoms with Crippen molar-refractivity contribution >= 4 is 11.8 Å². The average molecular weight is 444 g/mol. The molecule has 2 aliphatic rings. The van der Waals surface area contributed by atoms with Gasteiger partial charge >= 0.3 is 0 Å². The molecule has 0 N–H and O–H groups in total. The van der Waals surface area contributed by atoms with E-state index in [1.54, 1.807) is 15.9 Å². The van der Waals surface area contributed by atoms with E-state index < -0.39 is 5.54 Å². The highest BCUT2D eigenvalue weighted by Gasteiger charge is 2.40. The van der Waals surface area contributed by atoms with Crippen LogP contribution in [0.1, 0.15) is 65.6 Å². The molecule has 5 rings (SSSR count). The fourth-order valence-corrected chi connectivity index (χ4v) is 4.74. The molecule has 0 bridgehead atoms. The maximum atomic E-state index is 13.3. The summed E-state index contributed by atoms with van der Waals surface area (Å²) in [6.07, 6.45) is 5.25. The molecule has 0 atom stereocenters. The van der Waals surface area contributed by atoms with Crippen LogP contribution in [0, 0.1) is 0 Å². The third-order valence-electron chi connectivity index (χ3n) is 6.85. The van der Waals surface area contributed by atoms with E-state index in [2.05, 4.69) is 22.2 Å². The molecular weight excluding hydrogens is 414 g/mol. The standard InChI is InChI=1S/C26H29N5O2/c1-26(2)17-29(24(32)21-11-7-10-20(16-21)19-8-6-9-19)14-15-30(26)25(33)23-27-18-31(28-23)22-12-4-3-5-13-22/h3-5,7,10-13,16,18-19H,6,8-9,14-15,17H2,1-2H3. The quantitative estimate of drug-likeness (QED) is 0.613. The predicted octanol–water partition coefficient (Wildman–Crippen LogP) is 3.91. The number of amides is 2. The molecule has 1 aliphatic carbocycles. The van der Waals surface area contributed by atoms with Gasteiger partial charge in [-0.15, -0.1) is 5.10 Å². The number of rotatable bonds is 4. The van der Waals surface area contributed by atoms with E-state index in [0.29, 0.717) is 25.6 Å². The summed E-state index contributed by atoms with van der Waals surface area (Å²) in [5, 5.41) is 4.40. The molecule has 2 fully saturated rings. The van der Waals surface area contributed by atoms with Crippen LogP contribution in [0.4, 0.5) is 0 Å². The Balaban J connectivity index is 1.29. The van der Waals surface area contributed by atoms with Crippen LogP contribution in [-0.2, 0) is 0 Å². The highest BCUT2D eigenvalue weighted by molar-refractivity contribution is 5.95. The van der Waals surface area contributed by atoms with Gasteiger partial charge in [-0.05, 0) is 62.4 Å². The third kappa shape index (κ3) is 4.15. The molecule has 7 heteroatoms. The first kappa shape index (κ1) is 21.4. The van der Waals surface area contributed by atoms with Crippen molar-refractivity contribution in [3.8, 4) is 5.69 Å². The summed E-state index contributed by atoms with van der Waals surface area (Å²) in [7, 11) is 0. The minimum absolute atomic E-state index is 0.0304. The van der Waals surface area contributed by atoms with Gasteiger partial charge in [0.05, 0.1) is 11.2 Å². The lowest BCUT2D eigenvalue weighted by Gasteiger charge is -2.46. The number of para-hydroxylation sites is 1. The van der Waals surface area contributed by atoms with Crippen LogP contribution in [0.3, 0.4) is 0 Å². The highest BCUT2D eigenvalue weighted by Crippen LogP contribution is 2.36. The molecule has 0 unspecified atom stereocenters. The van der Waals surface area contributed by atoms with Gasteiger partial charge in [0.1, 0.15) is 6.33 Å². The lowest BCUT2D eigenvalue weighted by Crippen LogP contribution is -2.62. The Labute approximate surface area is 194 Å². The Morgan fingerprint density at radius 2 is 1.76 bits per heavy atom. The zero-order valence-corrected chi connectivity index (χ0v) is 19.1. The molecule has 0 radical (unpaired) electrons. The minimum Gasteiger partial charge on any atom is -0.335 e. The number of piperazine rings is 1. The number of benzene rings is 2. The first-order chi connectivity index (χ1) is 15.9. The van der Waals surface area contributed by atoms with Crippen LogP contribution in [0.15, 0.2) is 60.9 Å². The number of carbonyl (C=O) groups excluding carboxylic acids is 2. The SMILES string of the molecule is CC1(C)CN(C(=O)c2cccc(C3CCC3)c2)CCN1C(=O)c1ncn(-c2ccccc2)n1. The first-order valence-electron chi connectivity index (χ1n) is 11.6. The molecule has 0 spiro atoms. The third-order valence-corrected chi connectivity index (χ3v) is 6.85. The molecule has 3 aromatic rings. The van der Waals surface area contributed by atoms with Crippen LogP contribution in [0.5, 0.6) is 0 Å². The second-order valence-electron chi connectivity index (χ2n) is 9.60. The van der Waals surface area contributed by atoms with Gasteiger partial charge in [-0.25, -0.2) is 9.67 Å². The first-order valence-corrected chi connectivity index (χ1v) is 11.6. The number of hydrogen-bond donors (Lipinski definition) is 0. The number of carbonyl (C=O) groups is 2. The molecule has 1 saturated heterocycles. The Bertz CT molecular complexity index is 1170. The lowest BCUT2D eigenvalue weighted by molar-refractivity contribution is 0.0160. The summed E-state index contributed by atoms with van der Waals surface area (Å²) in [4.78, 5) is 34.4. The second kappa shape index (κ2) is 8.46. The Kier molecular flexibility index (Phi) is 5.48. The van der Waals surface area contributed by atoms with Gasteiger partial charge in [-0.2, -0.15) is 0 Å². The maximum Gasteiger partial charge on any atom is 0.294 e. The van der Waals surface area contributed by atoms with Crippen LogP contribution in [-0.4, -0.2) is 61.6 Å². The normalized spacial score (nSPS) is 18.1. The van der Waals surface area contributed by atoms with E-state index in [-0.39, 0.29) is 17.6 Å². The van der Waals surface area contributed by atoms with E-state index in [1.807, 2.05) is 61.2 Å². The van der Waals surface area contributed by atoms with Crippen molar-refractivity contribution < 1.29 is 9.59 Å². The Morgan fingerprint density at radius 3 is 2.45 bits per heavy atom. The van der Waals surface area contributed by atoms with Gasteiger partial charge in [0.2, 0.25) is 5.82 Å². The van der Waals surface area contributed by atoms with Crippen LogP contribution >= 0.6 is 0 Å².